The van der Waals surface area contributed by atoms with Crippen molar-refractivity contribution in [2.45, 2.75) is 6.54 Å². The molecule has 2 aromatic rings. The van der Waals surface area contributed by atoms with Crippen molar-refractivity contribution in [3.8, 4) is 0 Å². The molecule has 0 radical (unpaired) electrons. The molecule has 1 aromatic heterocycles. The van der Waals surface area contributed by atoms with Gasteiger partial charge in [-0.2, -0.15) is 0 Å². The molecule has 0 atom stereocenters. The molecule has 2 rings (SSSR count). The Morgan fingerprint density at radius 2 is 1.84 bits per heavy atom. The van der Waals surface area contributed by atoms with Gasteiger partial charge in [-0.05, 0) is 5.53 Å². The highest BCUT2D eigenvalue weighted by Crippen LogP contribution is 2.00. The van der Waals surface area contributed by atoms with Crippen molar-refractivity contribution in [2.24, 2.45) is 5.11 Å². The van der Waals surface area contributed by atoms with Crippen LogP contribution in [-0.4, -0.2) is 12.3 Å². The molecule has 0 aliphatic carbocycles. The van der Waals surface area contributed by atoms with Crippen molar-refractivity contribution < 1.29 is 9.36 Å². The zero-order chi connectivity index (χ0) is 13.5. The smallest absolute Gasteiger partial charge is 0.173 e. The van der Waals surface area contributed by atoms with Gasteiger partial charge in [0.15, 0.2) is 24.7 Å². The number of ketones is 1. The van der Waals surface area contributed by atoms with E-state index in [1.165, 1.54) is 5.56 Å². The minimum absolute atomic E-state index is 0.140. The van der Waals surface area contributed by atoms with E-state index in [0.717, 1.165) is 6.54 Å². The zero-order valence-electron chi connectivity index (χ0n) is 10.3. The minimum Gasteiger partial charge on any atom is -0.294 e. The van der Waals surface area contributed by atoms with Gasteiger partial charge in [0, 0.05) is 28.2 Å². The fourth-order valence-corrected chi connectivity index (χ4v) is 1.73. The van der Waals surface area contributed by atoms with Crippen LogP contribution in [0.25, 0.3) is 10.4 Å². The quantitative estimate of drug-likeness (QED) is 0.265. The second kappa shape index (κ2) is 6.33. The number of carbonyl (C=O) groups is 1. The van der Waals surface area contributed by atoms with E-state index in [9.17, 15) is 4.79 Å². The molecule has 0 aliphatic heterocycles. The number of carbonyl (C=O) groups excluding carboxylic acids is 1. The van der Waals surface area contributed by atoms with Gasteiger partial charge in [-0.15, -0.1) is 0 Å². The largest absolute Gasteiger partial charge is 0.294 e. The molecular weight excluding hydrogens is 240 g/mol. The molecule has 94 valence electrons. The van der Waals surface area contributed by atoms with Crippen LogP contribution in [0.1, 0.15) is 15.9 Å². The summed E-state index contributed by atoms with van der Waals surface area (Å²) in [4.78, 5) is 14.2. The number of aromatic nitrogens is 1. The standard InChI is InChI=1S/C14H13N4O/c15-17-16-10-14(19)13-6-8-18(9-7-13)11-12-4-2-1-3-5-12/h1-9H,10-11H2/q+1. The van der Waals surface area contributed by atoms with Gasteiger partial charge in [-0.1, -0.05) is 35.4 Å². The summed E-state index contributed by atoms with van der Waals surface area (Å²) in [6.07, 6.45) is 3.69. The topological polar surface area (TPSA) is 69.7 Å². The number of azide groups is 1. The van der Waals surface area contributed by atoms with E-state index in [1.807, 2.05) is 47.3 Å². The Bertz CT molecular complexity index is 601. The summed E-state index contributed by atoms with van der Waals surface area (Å²) in [7, 11) is 0. The fourth-order valence-electron chi connectivity index (χ4n) is 1.73. The normalized spacial score (nSPS) is 9.68. The Balaban J connectivity index is 2.06. The number of hydrogen-bond donors (Lipinski definition) is 0. The molecule has 0 saturated heterocycles. The molecule has 0 aliphatic rings. The summed E-state index contributed by atoms with van der Waals surface area (Å²) in [6.45, 7) is 0.616. The van der Waals surface area contributed by atoms with E-state index in [2.05, 4.69) is 10.0 Å². The van der Waals surface area contributed by atoms with Crippen LogP contribution >= 0.6 is 0 Å². The summed E-state index contributed by atoms with van der Waals surface area (Å²) >= 11 is 0. The van der Waals surface area contributed by atoms with Gasteiger partial charge in [0.05, 0.1) is 6.54 Å². The monoisotopic (exact) mass is 253 g/mol. The van der Waals surface area contributed by atoms with Gasteiger partial charge in [0.1, 0.15) is 0 Å². The van der Waals surface area contributed by atoms with Gasteiger partial charge in [-0.3, -0.25) is 4.79 Å². The van der Waals surface area contributed by atoms with Crippen molar-refractivity contribution in [3.05, 3.63) is 76.4 Å². The molecule has 1 heterocycles. The van der Waals surface area contributed by atoms with E-state index >= 15 is 0 Å². The number of benzene rings is 1. The molecular formula is C14H13N4O+. The second-order valence-electron chi connectivity index (χ2n) is 4.06. The first-order chi connectivity index (χ1) is 9.29. The first kappa shape index (κ1) is 12.8. The first-order valence-electron chi connectivity index (χ1n) is 5.86. The van der Waals surface area contributed by atoms with Crippen LogP contribution in [0.4, 0.5) is 0 Å². The fraction of sp³-hybridized carbons (Fsp3) is 0.143. The van der Waals surface area contributed by atoms with Crippen molar-refractivity contribution in [3.63, 3.8) is 0 Å². The third-order valence-corrected chi connectivity index (χ3v) is 2.70. The molecule has 0 amide bonds. The highest BCUT2D eigenvalue weighted by molar-refractivity contribution is 5.97. The zero-order valence-corrected chi connectivity index (χ0v) is 10.3. The molecule has 1 aromatic carbocycles. The third-order valence-electron chi connectivity index (χ3n) is 2.70. The lowest BCUT2D eigenvalue weighted by atomic mass is 10.1. The van der Waals surface area contributed by atoms with E-state index in [4.69, 9.17) is 5.53 Å². The molecule has 0 bridgehead atoms. The molecule has 5 heteroatoms. The average molecular weight is 253 g/mol. The highest BCUT2D eigenvalue weighted by Gasteiger charge is 2.07. The van der Waals surface area contributed by atoms with Crippen LogP contribution in [0.15, 0.2) is 60.0 Å². The second-order valence-corrected chi connectivity index (χ2v) is 4.06. The van der Waals surface area contributed by atoms with Gasteiger partial charge < -0.3 is 0 Å². The van der Waals surface area contributed by atoms with Gasteiger partial charge in [-0.25, -0.2) is 4.57 Å². The molecule has 19 heavy (non-hydrogen) atoms. The summed E-state index contributed by atoms with van der Waals surface area (Å²) in [6, 6.07) is 13.5. The highest BCUT2D eigenvalue weighted by atomic mass is 16.1. The van der Waals surface area contributed by atoms with E-state index in [1.54, 1.807) is 12.1 Å². The summed E-state index contributed by atoms with van der Waals surface area (Å²) in [5.74, 6) is -0.176. The van der Waals surface area contributed by atoms with E-state index < -0.39 is 0 Å². The molecule has 0 saturated carbocycles. The van der Waals surface area contributed by atoms with Crippen LogP contribution in [0.2, 0.25) is 0 Å². The number of rotatable bonds is 5. The van der Waals surface area contributed by atoms with Crippen LogP contribution in [0, 0.1) is 0 Å². The maximum atomic E-state index is 11.6. The number of hydrogen-bond acceptors (Lipinski definition) is 2. The Hall–Kier alpha value is -2.65. The van der Waals surface area contributed by atoms with Crippen molar-refractivity contribution in [2.75, 3.05) is 6.54 Å². The molecule has 0 spiro atoms. The molecule has 0 fully saturated rings. The van der Waals surface area contributed by atoms with Crippen molar-refractivity contribution in [1.82, 2.24) is 0 Å². The van der Waals surface area contributed by atoms with E-state index in [0.29, 0.717) is 5.56 Å². The molecule has 0 N–H and O–H groups in total. The van der Waals surface area contributed by atoms with Crippen LogP contribution in [0.5, 0.6) is 0 Å². The van der Waals surface area contributed by atoms with Gasteiger partial charge in [0.2, 0.25) is 0 Å². The lowest BCUT2D eigenvalue weighted by Crippen LogP contribution is -2.33. The lowest BCUT2D eigenvalue weighted by Gasteiger charge is -1.99. The number of nitrogens with zero attached hydrogens (tertiary/aromatic N) is 4. The molecule has 5 nitrogen and oxygen atoms in total. The maximum Gasteiger partial charge on any atom is 0.173 e. The molecule has 0 unspecified atom stereocenters. The Kier molecular flexibility index (Phi) is 4.26. The Labute approximate surface area is 110 Å². The summed E-state index contributed by atoms with van der Waals surface area (Å²) in [5.41, 5.74) is 9.92. The van der Waals surface area contributed by atoms with Crippen LogP contribution < -0.4 is 4.57 Å². The summed E-state index contributed by atoms with van der Waals surface area (Å²) < 4.78 is 1.99. The van der Waals surface area contributed by atoms with Gasteiger partial charge >= 0.3 is 0 Å². The van der Waals surface area contributed by atoms with Crippen molar-refractivity contribution >= 4 is 5.78 Å². The third kappa shape index (κ3) is 3.66. The maximum absolute atomic E-state index is 11.6. The van der Waals surface area contributed by atoms with Crippen LogP contribution in [-0.2, 0) is 6.54 Å². The predicted octanol–water partition coefficient (Wildman–Crippen LogP) is 2.52. The van der Waals surface area contributed by atoms with Crippen molar-refractivity contribution in [1.29, 1.82) is 0 Å². The first-order valence-corrected chi connectivity index (χ1v) is 5.86. The average Bonchev–Trinajstić information content (AvgIpc) is 2.46. The van der Waals surface area contributed by atoms with Gasteiger partial charge in [0.25, 0.3) is 0 Å². The minimum atomic E-state index is -0.176. The van der Waals surface area contributed by atoms with E-state index in [-0.39, 0.29) is 12.3 Å². The SMILES string of the molecule is [N-]=[N+]=NCC(=O)c1cc[n+](Cc2ccccc2)cc1. The van der Waals surface area contributed by atoms with Crippen LogP contribution in [0.3, 0.4) is 0 Å². The predicted molar refractivity (Wildman–Crippen MR) is 70.5 cm³/mol. The summed E-state index contributed by atoms with van der Waals surface area (Å²) in [5, 5.41) is 3.26. The Morgan fingerprint density at radius 1 is 1.16 bits per heavy atom. The number of Topliss-reactive ketones (excluding diaryl/α,β-unsaturated/α-hetero) is 1. The Morgan fingerprint density at radius 3 is 2.47 bits per heavy atom. The number of pyridine rings is 1. The lowest BCUT2D eigenvalue weighted by molar-refractivity contribution is -0.688.